The summed E-state index contributed by atoms with van der Waals surface area (Å²) >= 11 is 6.08. The first-order valence-electron chi connectivity index (χ1n) is 8.60. The minimum Gasteiger partial charge on any atom is -0.490 e. The summed E-state index contributed by atoms with van der Waals surface area (Å²) in [6.45, 7) is 5.13. The highest BCUT2D eigenvalue weighted by atomic mass is 35.5. The Hall–Kier alpha value is -1.76. The lowest BCUT2D eigenvalue weighted by atomic mass is 10.2. The van der Waals surface area contributed by atoms with Crippen LogP contribution in [0.15, 0.2) is 47.4 Å². The van der Waals surface area contributed by atoms with Crippen molar-refractivity contribution >= 4 is 21.6 Å². The lowest BCUT2D eigenvalue weighted by Gasteiger charge is -2.14. The Morgan fingerprint density at radius 2 is 1.62 bits per heavy atom. The van der Waals surface area contributed by atoms with Crippen molar-refractivity contribution in [2.24, 2.45) is 0 Å². The molecule has 0 radical (unpaired) electrons. The highest BCUT2D eigenvalue weighted by molar-refractivity contribution is 7.89. The van der Waals surface area contributed by atoms with E-state index in [-0.39, 0.29) is 11.4 Å². The summed E-state index contributed by atoms with van der Waals surface area (Å²) in [5.74, 6) is 0.978. The maximum atomic E-state index is 12.6. The molecule has 0 aliphatic carbocycles. The zero-order chi connectivity index (χ0) is 19.0. The summed E-state index contributed by atoms with van der Waals surface area (Å²) in [4.78, 5) is 0.125. The molecule has 0 spiro atoms. The van der Waals surface area contributed by atoms with Crippen molar-refractivity contribution in [2.75, 3.05) is 13.2 Å². The number of halogens is 1. The van der Waals surface area contributed by atoms with Gasteiger partial charge in [0, 0.05) is 17.6 Å². The zero-order valence-electron chi connectivity index (χ0n) is 15.0. The van der Waals surface area contributed by atoms with Gasteiger partial charge >= 0.3 is 0 Å². The van der Waals surface area contributed by atoms with Crippen molar-refractivity contribution in [2.45, 2.75) is 38.1 Å². The second-order valence-corrected chi connectivity index (χ2v) is 7.90. The van der Waals surface area contributed by atoms with Crippen LogP contribution in [0.3, 0.4) is 0 Å². The predicted octanol–water partition coefficient (Wildman–Crippen LogP) is 4.40. The Kier molecular flexibility index (Phi) is 7.75. The Morgan fingerprint density at radius 3 is 2.27 bits per heavy atom. The molecule has 0 amide bonds. The van der Waals surface area contributed by atoms with Crippen LogP contribution in [-0.2, 0) is 16.6 Å². The lowest BCUT2D eigenvalue weighted by molar-refractivity contribution is 0.267. The van der Waals surface area contributed by atoms with E-state index in [1.165, 1.54) is 12.1 Å². The summed E-state index contributed by atoms with van der Waals surface area (Å²) in [6.07, 6.45) is 1.67. The van der Waals surface area contributed by atoms with E-state index in [2.05, 4.69) is 4.72 Å². The summed E-state index contributed by atoms with van der Waals surface area (Å²) in [5, 5.41) is 0.519. The third-order valence-electron chi connectivity index (χ3n) is 3.56. The molecule has 7 heteroatoms. The van der Waals surface area contributed by atoms with E-state index in [4.69, 9.17) is 21.1 Å². The monoisotopic (exact) mass is 397 g/mol. The van der Waals surface area contributed by atoms with Crippen LogP contribution in [0.1, 0.15) is 32.3 Å². The number of benzene rings is 2. The molecule has 0 aromatic heterocycles. The Labute approximate surface area is 160 Å². The molecule has 0 fully saturated rings. The van der Waals surface area contributed by atoms with E-state index in [1.807, 2.05) is 19.9 Å². The topological polar surface area (TPSA) is 64.6 Å². The molecule has 2 aromatic carbocycles. The first-order chi connectivity index (χ1) is 12.5. The minimum atomic E-state index is -3.70. The average Bonchev–Trinajstić information content (AvgIpc) is 2.64. The van der Waals surface area contributed by atoms with Gasteiger partial charge in [-0.25, -0.2) is 13.1 Å². The molecule has 0 saturated carbocycles. The van der Waals surface area contributed by atoms with E-state index in [0.29, 0.717) is 35.3 Å². The predicted molar refractivity (Wildman–Crippen MR) is 103 cm³/mol. The summed E-state index contributed by atoms with van der Waals surface area (Å²) < 4.78 is 39.1. The minimum absolute atomic E-state index is 0.112. The van der Waals surface area contributed by atoms with Crippen molar-refractivity contribution in [1.29, 1.82) is 0 Å². The van der Waals surface area contributed by atoms with Gasteiger partial charge in [-0.2, -0.15) is 0 Å². The van der Waals surface area contributed by atoms with Gasteiger partial charge in [-0.05, 0) is 36.6 Å². The van der Waals surface area contributed by atoms with Gasteiger partial charge in [-0.1, -0.05) is 43.6 Å². The van der Waals surface area contributed by atoms with Crippen molar-refractivity contribution in [3.8, 4) is 11.5 Å². The highest BCUT2D eigenvalue weighted by Crippen LogP contribution is 2.30. The molecule has 26 heavy (non-hydrogen) atoms. The number of nitrogens with one attached hydrogen (secondary N) is 1. The molecule has 0 aliphatic rings. The van der Waals surface area contributed by atoms with E-state index >= 15 is 0 Å². The van der Waals surface area contributed by atoms with E-state index in [0.717, 1.165) is 12.8 Å². The lowest BCUT2D eigenvalue weighted by Crippen LogP contribution is -2.23. The van der Waals surface area contributed by atoms with Crippen LogP contribution in [0.2, 0.25) is 5.02 Å². The molecule has 0 atom stereocenters. The molecule has 0 bridgehead atoms. The third-order valence-corrected chi connectivity index (χ3v) is 5.33. The zero-order valence-corrected chi connectivity index (χ0v) is 16.6. The van der Waals surface area contributed by atoms with Gasteiger partial charge in [-0.15, -0.1) is 0 Å². The second-order valence-electron chi connectivity index (χ2n) is 5.72. The van der Waals surface area contributed by atoms with E-state index in [1.54, 1.807) is 24.3 Å². The van der Waals surface area contributed by atoms with Crippen LogP contribution in [0.5, 0.6) is 11.5 Å². The van der Waals surface area contributed by atoms with Gasteiger partial charge in [-0.3, -0.25) is 0 Å². The largest absolute Gasteiger partial charge is 0.490 e. The third kappa shape index (κ3) is 5.62. The molecule has 5 nitrogen and oxygen atoms in total. The number of hydrogen-bond acceptors (Lipinski definition) is 4. The maximum absolute atomic E-state index is 12.6. The van der Waals surface area contributed by atoms with Crippen LogP contribution in [0, 0.1) is 0 Å². The van der Waals surface area contributed by atoms with Gasteiger partial charge in [0.2, 0.25) is 10.0 Å². The quantitative estimate of drug-likeness (QED) is 0.645. The van der Waals surface area contributed by atoms with Gasteiger partial charge in [0.05, 0.1) is 18.1 Å². The molecule has 142 valence electrons. The van der Waals surface area contributed by atoms with Crippen molar-refractivity contribution in [3.63, 3.8) is 0 Å². The van der Waals surface area contributed by atoms with Crippen LogP contribution in [0.25, 0.3) is 0 Å². The SMILES string of the molecule is CCCOc1ccc(S(=O)(=O)NCc2ccccc2Cl)cc1OCCC. The van der Waals surface area contributed by atoms with Crippen molar-refractivity contribution in [1.82, 2.24) is 4.72 Å². The molecule has 2 rings (SSSR count). The molecule has 2 aromatic rings. The van der Waals surface area contributed by atoms with Gasteiger partial charge in [0.25, 0.3) is 0 Å². The molecular formula is C19H24ClNO4S. The normalized spacial score (nSPS) is 11.3. The van der Waals surface area contributed by atoms with Crippen LogP contribution in [0.4, 0.5) is 0 Å². The van der Waals surface area contributed by atoms with Gasteiger partial charge in [0.15, 0.2) is 11.5 Å². The molecule has 1 N–H and O–H groups in total. The number of ether oxygens (including phenoxy) is 2. The molecular weight excluding hydrogens is 374 g/mol. The number of rotatable bonds is 10. The molecule has 0 heterocycles. The molecule has 0 unspecified atom stereocenters. The molecule has 0 aliphatic heterocycles. The van der Waals surface area contributed by atoms with E-state index in [9.17, 15) is 8.42 Å². The summed E-state index contributed by atoms with van der Waals surface area (Å²) in [5.41, 5.74) is 0.711. The van der Waals surface area contributed by atoms with Crippen LogP contribution in [-0.4, -0.2) is 21.6 Å². The van der Waals surface area contributed by atoms with Crippen molar-refractivity contribution < 1.29 is 17.9 Å². The van der Waals surface area contributed by atoms with Crippen LogP contribution < -0.4 is 14.2 Å². The first-order valence-corrected chi connectivity index (χ1v) is 10.5. The summed E-state index contributed by atoms with van der Waals surface area (Å²) in [6, 6.07) is 11.8. The van der Waals surface area contributed by atoms with Gasteiger partial charge < -0.3 is 9.47 Å². The average molecular weight is 398 g/mol. The van der Waals surface area contributed by atoms with Crippen molar-refractivity contribution in [3.05, 3.63) is 53.1 Å². The summed E-state index contributed by atoms with van der Waals surface area (Å²) in [7, 11) is -3.70. The number of hydrogen-bond donors (Lipinski definition) is 1. The number of sulfonamides is 1. The molecule has 0 saturated heterocycles. The highest BCUT2D eigenvalue weighted by Gasteiger charge is 2.18. The van der Waals surface area contributed by atoms with E-state index < -0.39 is 10.0 Å². The fourth-order valence-corrected chi connectivity index (χ4v) is 3.43. The fourth-order valence-electron chi connectivity index (χ4n) is 2.21. The second kappa shape index (κ2) is 9.80. The van der Waals surface area contributed by atoms with Gasteiger partial charge in [0.1, 0.15) is 0 Å². The Morgan fingerprint density at radius 1 is 0.962 bits per heavy atom. The standard InChI is InChI=1S/C19H24ClNO4S/c1-3-11-24-18-10-9-16(13-19(18)25-12-4-2)26(22,23)21-14-15-7-5-6-8-17(15)20/h5-10,13,21H,3-4,11-12,14H2,1-2H3. The Bertz CT molecular complexity index is 824. The van der Waals surface area contributed by atoms with Crippen LogP contribution >= 0.6 is 11.6 Å². The fraction of sp³-hybridized carbons (Fsp3) is 0.368. The maximum Gasteiger partial charge on any atom is 0.241 e. The smallest absolute Gasteiger partial charge is 0.241 e. The Balaban J connectivity index is 2.20. The first kappa shape index (κ1) is 20.6.